The van der Waals surface area contributed by atoms with E-state index in [1.807, 2.05) is 19.1 Å². The molecule has 0 bridgehead atoms. The molecule has 1 aliphatic rings. The minimum atomic E-state index is -0.146. The first-order chi connectivity index (χ1) is 9.91. The van der Waals surface area contributed by atoms with E-state index in [1.165, 1.54) is 12.0 Å². The third kappa shape index (κ3) is 4.37. The molecule has 0 aliphatic carbocycles. The van der Waals surface area contributed by atoms with Gasteiger partial charge in [-0.1, -0.05) is 19.9 Å². The van der Waals surface area contributed by atoms with Crippen molar-refractivity contribution in [1.82, 2.24) is 5.32 Å². The zero-order chi connectivity index (χ0) is 15.5. The van der Waals surface area contributed by atoms with Gasteiger partial charge in [-0.15, -0.1) is 0 Å². The Bertz CT molecular complexity index is 468. The summed E-state index contributed by atoms with van der Waals surface area (Å²) in [7, 11) is 0. The topological polar surface area (TPSA) is 30.5 Å². The molecule has 1 aromatic rings. The van der Waals surface area contributed by atoms with Crippen molar-refractivity contribution in [2.24, 2.45) is 5.92 Å². The summed E-state index contributed by atoms with van der Waals surface area (Å²) in [4.78, 5) is 0. The molecule has 3 nitrogen and oxygen atoms in total. The van der Waals surface area contributed by atoms with Crippen LogP contribution in [-0.4, -0.2) is 18.8 Å². The van der Waals surface area contributed by atoms with E-state index in [-0.39, 0.29) is 5.60 Å². The second kappa shape index (κ2) is 6.69. The average Bonchev–Trinajstić information content (AvgIpc) is 2.36. The van der Waals surface area contributed by atoms with E-state index >= 15 is 0 Å². The first kappa shape index (κ1) is 16.2. The number of fused-ring (bicyclic) bond motifs is 1. The molecule has 1 N–H and O–H groups in total. The number of nitrogens with one attached hydrogen (secondary N) is 1. The van der Waals surface area contributed by atoms with Crippen molar-refractivity contribution >= 4 is 0 Å². The summed E-state index contributed by atoms with van der Waals surface area (Å²) in [5.74, 6) is 2.57. The molecule has 1 atom stereocenters. The smallest absolute Gasteiger partial charge is 0.128 e. The van der Waals surface area contributed by atoms with E-state index < -0.39 is 0 Å². The Morgan fingerprint density at radius 1 is 1.38 bits per heavy atom. The van der Waals surface area contributed by atoms with E-state index in [9.17, 15) is 0 Å². The third-order valence-corrected chi connectivity index (χ3v) is 3.87. The van der Waals surface area contributed by atoms with Gasteiger partial charge in [0.25, 0.3) is 0 Å². The maximum Gasteiger partial charge on any atom is 0.128 e. The summed E-state index contributed by atoms with van der Waals surface area (Å²) in [6.45, 7) is 12.6. The molecule has 0 fully saturated rings. The van der Waals surface area contributed by atoms with Gasteiger partial charge in [0, 0.05) is 24.1 Å². The lowest BCUT2D eigenvalue weighted by molar-refractivity contribution is 0.0655. The van der Waals surface area contributed by atoms with Crippen LogP contribution in [0, 0.1) is 5.92 Å². The molecule has 1 unspecified atom stereocenters. The molecule has 1 aliphatic heterocycles. The van der Waals surface area contributed by atoms with Gasteiger partial charge in [0.15, 0.2) is 0 Å². The van der Waals surface area contributed by atoms with Crippen LogP contribution in [0.4, 0.5) is 0 Å². The van der Waals surface area contributed by atoms with E-state index in [0.717, 1.165) is 30.4 Å². The zero-order valence-electron chi connectivity index (χ0n) is 14.0. The molecule has 0 saturated heterocycles. The van der Waals surface area contributed by atoms with Crippen LogP contribution in [0.15, 0.2) is 18.2 Å². The normalized spacial score (nSPS) is 20.0. The fourth-order valence-electron chi connectivity index (χ4n) is 2.82. The van der Waals surface area contributed by atoms with Crippen LogP contribution in [0.2, 0.25) is 0 Å². The van der Waals surface area contributed by atoms with Crippen molar-refractivity contribution in [3.05, 3.63) is 23.8 Å². The van der Waals surface area contributed by atoms with Crippen LogP contribution in [0.5, 0.6) is 11.5 Å². The zero-order valence-corrected chi connectivity index (χ0v) is 14.0. The van der Waals surface area contributed by atoms with Gasteiger partial charge in [-0.3, -0.25) is 0 Å². The summed E-state index contributed by atoms with van der Waals surface area (Å²) in [6, 6.07) is 6.57. The van der Waals surface area contributed by atoms with Crippen molar-refractivity contribution in [2.45, 2.75) is 59.1 Å². The van der Waals surface area contributed by atoms with Gasteiger partial charge in [0.05, 0.1) is 6.61 Å². The fourth-order valence-corrected chi connectivity index (χ4v) is 2.82. The van der Waals surface area contributed by atoms with Crippen LogP contribution in [0.1, 0.15) is 59.1 Å². The highest BCUT2D eigenvalue weighted by molar-refractivity contribution is 5.44. The molecule has 1 heterocycles. The number of hydrogen-bond acceptors (Lipinski definition) is 3. The van der Waals surface area contributed by atoms with Crippen molar-refractivity contribution in [3.63, 3.8) is 0 Å². The minimum absolute atomic E-state index is 0.146. The van der Waals surface area contributed by atoms with E-state index in [0.29, 0.717) is 12.6 Å². The number of rotatable bonds is 6. The van der Waals surface area contributed by atoms with Crippen LogP contribution in [-0.2, 0) is 0 Å². The Morgan fingerprint density at radius 2 is 2.14 bits per heavy atom. The Hall–Kier alpha value is -1.22. The Labute approximate surface area is 129 Å². The van der Waals surface area contributed by atoms with Gasteiger partial charge in [-0.25, -0.2) is 0 Å². The summed E-state index contributed by atoms with van der Waals surface area (Å²) >= 11 is 0. The molecule has 21 heavy (non-hydrogen) atoms. The molecule has 1 aromatic carbocycles. The average molecular weight is 291 g/mol. The third-order valence-electron chi connectivity index (χ3n) is 3.87. The van der Waals surface area contributed by atoms with E-state index in [1.54, 1.807) is 0 Å². The molecule has 0 amide bonds. The van der Waals surface area contributed by atoms with Crippen molar-refractivity contribution < 1.29 is 9.47 Å². The highest BCUT2D eigenvalue weighted by Gasteiger charge is 2.33. The molecule has 0 radical (unpaired) electrons. The second-order valence-corrected chi connectivity index (χ2v) is 6.89. The second-order valence-electron chi connectivity index (χ2n) is 6.89. The Morgan fingerprint density at radius 3 is 2.81 bits per heavy atom. The molecule has 0 saturated carbocycles. The standard InChI is InChI=1S/C18H29NO2/c1-6-20-14-7-8-15-16(19-10-9-13(2)3)12-18(4,5)21-17(15)11-14/h7-8,11,13,16,19H,6,9-10,12H2,1-5H3. The van der Waals surface area contributed by atoms with Crippen LogP contribution in [0.3, 0.4) is 0 Å². The molecule has 2 rings (SSSR count). The van der Waals surface area contributed by atoms with Gasteiger partial charge in [-0.2, -0.15) is 0 Å². The first-order valence-corrected chi connectivity index (χ1v) is 8.10. The first-order valence-electron chi connectivity index (χ1n) is 8.10. The lowest BCUT2D eigenvalue weighted by Crippen LogP contribution is -2.39. The Balaban J connectivity index is 2.16. The van der Waals surface area contributed by atoms with Gasteiger partial charge in [0.1, 0.15) is 17.1 Å². The highest BCUT2D eigenvalue weighted by Crippen LogP contribution is 2.41. The molecular weight excluding hydrogens is 262 g/mol. The number of ether oxygens (including phenoxy) is 2. The van der Waals surface area contributed by atoms with Crippen LogP contribution >= 0.6 is 0 Å². The van der Waals surface area contributed by atoms with Gasteiger partial charge in [-0.05, 0) is 45.7 Å². The summed E-state index contributed by atoms with van der Waals surface area (Å²) in [5.41, 5.74) is 1.11. The fraction of sp³-hybridized carbons (Fsp3) is 0.667. The van der Waals surface area contributed by atoms with E-state index in [2.05, 4.69) is 39.1 Å². The molecule has 0 aromatic heterocycles. The SMILES string of the molecule is CCOc1ccc2c(c1)OC(C)(C)CC2NCCC(C)C. The maximum absolute atomic E-state index is 6.14. The number of benzene rings is 1. The molecule has 0 spiro atoms. The lowest BCUT2D eigenvalue weighted by atomic mass is 9.89. The van der Waals surface area contributed by atoms with Gasteiger partial charge < -0.3 is 14.8 Å². The highest BCUT2D eigenvalue weighted by atomic mass is 16.5. The van der Waals surface area contributed by atoms with E-state index in [4.69, 9.17) is 9.47 Å². The predicted molar refractivity (Wildman–Crippen MR) is 87.1 cm³/mol. The quantitative estimate of drug-likeness (QED) is 0.846. The van der Waals surface area contributed by atoms with Crippen LogP contribution in [0.25, 0.3) is 0 Å². The van der Waals surface area contributed by atoms with Gasteiger partial charge >= 0.3 is 0 Å². The predicted octanol–water partition coefficient (Wildman–Crippen LogP) is 4.32. The molecular formula is C18H29NO2. The van der Waals surface area contributed by atoms with Crippen molar-refractivity contribution in [3.8, 4) is 11.5 Å². The molecule has 3 heteroatoms. The molecule has 118 valence electrons. The Kier molecular flexibility index (Phi) is 5.15. The summed E-state index contributed by atoms with van der Waals surface area (Å²) in [6.07, 6.45) is 2.19. The minimum Gasteiger partial charge on any atom is -0.494 e. The monoisotopic (exact) mass is 291 g/mol. The van der Waals surface area contributed by atoms with Crippen LogP contribution < -0.4 is 14.8 Å². The van der Waals surface area contributed by atoms with Crippen molar-refractivity contribution in [1.29, 1.82) is 0 Å². The van der Waals surface area contributed by atoms with Gasteiger partial charge in [0.2, 0.25) is 0 Å². The lowest BCUT2D eigenvalue weighted by Gasteiger charge is -2.38. The maximum atomic E-state index is 6.14. The number of hydrogen-bond donors (Lipinski definition) is 1. The largest absolute Gasteiger partial charge is 0.494 e. The summed E-state index contributed by atoms with van der Waals surface area (Å²) < 4.78 is 11.7. The summed E-state index contributed by atoms with van der Waals surface area (Å²) in [5, 5.41) is 3.70. The van der Waals surface area contributed by atoms with Crippen molar-refractivity contribution in [2.75, 3.05) is 13.2 Å².